The van der Waals surface area contributed by atoms with Gasteiger partial charge in [-0.25, -0.2) is 8.42 Å². The first-order valence-electron chi connectivity index (χ1n) is 7.63. The summed E-state index contributed by atoms with van der Waals surface area (Å²) in [4.78, 5) is 0.722. The molecule has 0 aromatic heterocycles. The lowest BCUT2D eigenvalue weighted by Crippen LogP contribution is -2.39. The minimum atomic E-state index is -3.41. The van der Waals surface area contributed by atoms with Gasteiger partial charge in [-0.05, 0) is 32.4 Å². The Labute approximate surface area is 141 Å². The predicted octanol–water partition coefficient (Wildman–Crippen LogP) is 3.74. The van der Waals surface area contributed by atoms with Gasteiger partial charge in [0.25, 0.3) is 0 Å². The first-order valence-corrected chi connectivity index (χ1v) is 9.98. The van der Waals surface area contributed by atoms with Crippen molar-refractivity contribution < 1.29 is 8.42 Å². The Bertz CT molecular complexity index is 711. The molecule has 1 aliphatic carbocycles. The number of hydrogen-bond donors (Lipinski definition) is 0. The van der Waals surface area contributed by atoms with Crippen molar-refractivity contribution in [2.75, 3.05) is 13.1 Å². The van der Waals surface area contributed by atoms with Crippen molar-refractivity contribution in [1.29, 1.82) is 0 Å². The maximum atomic E-state index is 12.9. The summed E-state index contributed by atoms with van der Waals surface area (Å²) in [7, 11) is -3.41. The fraction of sp³-hybridized carbons (Fsp3) is 0.529. The Morgan fingerprint density at radius 2 is 1.86 bits per heavy atom. The average Bonchev–Trinajstić information content (AvgIpc) is 2.85. The molecule has 0 N–H and O–H groups in total. The normalized spacial score (nSPS) is 32.6. The number of benzene rings is 1. The molecule has 3 atom stereocenters. The van der Waals surface area contributed by atoms with E-state index < -0.39 is 10.0 Å². The molecule has 5 heteroatoms. The Morgan fingerprint density at radius 1 is 1.23 bits per heavy atom. The van der Waals surface area contributed by atoms with Crippen LogP contribution in [-0.4, -0.2) is 30.6 Å². The molecule has 3 nitrogen and oxygen atoms in total. The lowest BCUT2D eigenvalue weighted by atomic mass is 9.69. The summed E-state index contributed by atoms with van der Waals surface area (Å²) in [6.45, 7) is 7.46. The van der Waals surface area contributed by atoms with E-state index in [1.165, 1.54) is 5.57 Å². The SMILES string of the molecule is CC1=CC[C@H](Br)[C@@]2(C)CN(S(=O)(=O)c3ccc(C)cc3)C[C@@H]12. The molecule has 1 heterocycles. The lowest BCUT2D eigenvalue weighted by Gasteiger charge is -2.39. The molecular formula is C17H22BrNO2S. The van der Waals surface area contributed by atoms with E-state index in [1.54, 1.807) is 16.4 Å². The molecule has 1 aliphatic heterocycles. The molecule has 1 fully saturated rings. The number of fused-ring (bicyclic) bond motifs is 1. The van der Waals surface area contributed by atoms with E-state index >= 15 is 0 Å². The van der Waals surface area contributed by atoms with Crippen LogP contribution in [-0.2, 0) is 10.0 Å². The molecule has 3 rings (SSSR count). The van der Waals surface area contributed by atoms with Crippen molar-refractivity contribution in [3.05, 3.63) is 41.5 Å². The molecule has 0 amide bonds. The van der Waals surface area contributed by atoms with Gasteiger partial charge in [0.15, 0.2) is 0 Å². The van der Waals surface area contributed by atoms with Crippen molar-refractivity contribution in [3.63, 3.8) is 0 Å². The number of alkyl halides is 1. The topological polar surface area (TPSA) is 37.4 Å². The minimum Gasteiger partial charge on any atom is -0.207 e. The van der Waals surface area contributed by atoms with Crippen molar-refractivity contribution in [3.8, 4) is 0 Å². The lowest BCUT2D eigenvalue weighted by molar-refractivity contribution is 0.262. The zero-order valence-electron chi connectivity index (χ0n) is 13.2. The predicted molar refractivity (Wildman–Crippen MR) is 92.6 cm³/mol. The number of allylic oxidation sites excluding steroid dienone is 1. The standard InChI is InChI=1S/C17H22BrNO2S/c1-12-4-7-14(8-5-12)22(20,21)19-10-15-13(2)6-9-16(18)17(15,3)11-19/h4-8,15-16H,9-11H2,1-3H3/t15-,16-,17-/m0/s1. The third kappa shape index (κ3) is 2.47. The Hall–Kier alpha value is -0.650. The maximum Gasteiger partial charge on any atom is 0.243 e. The van der Waals surface area contributed by atoms with Gasteiger partial charge in [0.1, 0.15) is 0 Å². The molecule has 22 heavy (non-hydrogen) atoms. The molecule has 1 aromatic carbocycles. The van der Waals surface area contributed by atoms with Crippen LogP contribution in [0.2, 0.25) is 0 Å². The minimum absolute atomic E-state index is 0.0312. The molecule has 1 saturated heterocycles. The Morgan fingerprint density at radius 3 is 2.45 bits per heavy atom. The number of halogens is 1. The van der Waals surface area contributed by atoms with E-state index in [-0.39, 0.29) is 5.41 Å². The average molecular weight is 384 g/mol. The largest absolute Gasteiger partial charge is 0.243 e. The second-order valence-electron chi connectivity index (χ2n) is 6.82. The van der Waals surface area contributed by atoms with Crippen molar-refractivity contribution in [2.45, 2.75) is 36.9 Å². The van der Waals surface area contributed by atoms with Crippen LogP contribution in [0, 0.1) is 18.3 Å². The summed E-state index contributed by atoms with van der Waals surface area (Å²) in [5.74, 6) is 0.297. The van der Waals surface area contributed by atoms with Gasteiger partial charge in [-0.3, -0.25) is 0 Å². The third-order valence-corrected chi connectivity index (χ3v) is 8.52. The van der Waals surface area contributed by atoms with Gasteiger partial charge in [0, 0.05) is 29.2 Å². The number of rotatable bonds is 2. The first-order chi connectivity index (χ1) is 10.2. The summed E-state index contributed by atoms with van der Waals surface area (Å²) >= 11 is 3.77. The highest BCUT2D eigenvalue weighted by molar-refractivity contribution is 9.09. The second-order valence-corrected chi connectivity index (χ2v) is 9.86. The Kier molecular flexibility index (Phi) is 4.03. The first kappa shape index (κ1) is 16.2. The highest BCUT2D eigenvalue weighted by Crippen LogP contribution is 2.50. The summed E-state index contributed by atoms with van der Waals surface area (Å²) in [6, 6.07) is 7.14. The van der Waals surface area contributed by atoms with Crippen LogP contribution in [0.4, 0.5) is 0 Å². The van der Waals surface area contributed by atoms with E-state index in [0.717, 1.165) is 12.0 Å². The second kappa shape index (κ2) is 5.46. The monoisotopic (exact) mass is 383 g/mol. The zero-order chi connectivity index (χ0) is 16.1. The molecule has 0 saturated carbocycles. The summed E-state index contributed by atoms with van der Waals surface area (Å²) in [5.41, 5.74) is 2.36. The van der Waals surface area contributed by atoms with Gasteiger partial charge in [-0.2, -0.15) is 4.31 Å². The van der Waals surface area contributed by atoms with Gasteiger partial charge in [0.05, 0.1) is 4.90 Å². The molecular weight excluding hydrogens is 362 g/mol. The molecule has 120 valence electrons. The molecule has 1 aromatic rings. The van der Waals surface area contributed by atoms with Gasteiger partial charge >= 0.3 is 0 Å². The summed E-state index contributed by atoms with van der Waals surface area (Å²) in [5, 5.41) is 0. The van der Waals surface area contributed by atoms with Crippen LogP contribution in [0.25, 0.3) is 0 Å². The van der Waals surface area contributed by atoms with Crippen LogP contribution >= 0.6 is 15.9 Å². The summed E-state index contributed by atoms with van der Waals surface area (Å²) < 4.78 is 27.5. The van der Waals surface area contributed by atoms with Crippen molar-refractivity contribution >= 4 is 26.0 Å². The molecule has 0 spiro atoms. The maximum absolute atomic E-state index is 12.9. The quantitative estimate of drug-likeness (QED) is 0.576. The highest BCUT2D eigenvalue weighted by Gasteiger charge is 2.52. The zero-order valence-corrected chi connectivity index (χ0v) is 15.6. The Balaban J connectivity index is 1.95. The van der Waals surface area contributed by atoms with Crippen LogP contribution < -0.4 is 0 Å². The van der Waals surface area contributed by atoms with E-state index in [1.807, 2.05) is 19.1 Å². The van der Waals surface area contributed by atoms with E-state index in [9.17, 15) is 8.42 Å². The highest BCUT2D eigenvalue weighted by atomic mass is 79.9. The van der Waals surface area contributed by atoms with E-state index in [0.29, 0.717) is 28.7 Å². The van der Waals surface area contributed by atoms with Gasteiger partial charge in [0.2, 0.25) is 10.0 Å². The van der Waals surface area contributed by atoms with Crippen LogP contribution in [0.15, 0.2) is 40.8 Å². The fourth-order valence-electron chi connectivity index (χ4n) is 3.69. The van der Waals surface area contributed by atoms with Gasteiger partial charge in [-0.1, -0.05) is 52.2 Å². The number of sulfonamides is 1. The number of nitrogens with zero attached hydrogens (tertiary/aromatic N) is 1. The van der Waals surface area contributed by atoms with Crippen LogP contribution in [0.5, 0.6) is 0 Å². The number of aryl methyl sites for hydroxylation is 1. The van der Waals surface area contributed by atoms with Gasteiger partial charge < -0.3 is 0 Å². The molecule has 0 unspecified atom stereocenters. The fourth-order valence-corrected chi connectivity index (χ4v) is 5.91. The van der Waals surface area contributed by atoms with Gasteiger partial charge in [-0.15, -0.1) is 0 Å². The van der Waals surface area contributed by atoms with E-state index in [2.05, 4.69) is 35.9 Å². The number of hydrogen-bond acceptors (Lipinski definition) is 2. The smallest absolute Gasteiger partial charge is 0.207 e. The third-order valence-electron chi connectivity index (χ3n) is 5.27. The van der Waals surface area contributed by atoms with Crippen LogP contribution in [0.1, 0.15) is 25.8 Å². The molecule has 0 radical (unpaired) electrons. The van der Waals surface area contributed by atoms with Crippen molar-refractivity contribution in [1.82, 2.24) is 4.31 Å². The molecule has 0 bridgehead atoms. The van der Waals surface area contributed by atoms with Crippen LogP contribution in [0.3, 0.4) is 0 Å². The van der Waals surface area contributed by atoms with Crippen molar-refractivity contribution in [2.24, 2.45) is 11.3 Å². The van der Waals surface area contributed by atoms with E-state index in [4.69, 9.17) is 0 Å². The molecule has 2 aliphatic rings. The summed E-state index contributed by atoms with van der Waals surface area (Å²) in [6.07, 6.45) is 3.21.